The molecular formula is C25H34N2O. The second-order valence-corrected chi connectivity index (χ2v) is 11.5. The fourth-order valence-corrected chi connectivity index (χ4v) is 8.74. The lowest BCUT2D eigenvalue weighted by Crippen LogP contribution is -2.65. The van der Waals surface area contributed by atoms with Crippen LogP contribution in [0.5, 0.6) is 0 Å². The number of carbonyl (C=O) groups excluding carboxylic acids is 1. The average molecular weight is 379 g/mol. The van der Waals surface area contributed by atoms with Crippen LogP contribution in [0.2, 0.25) is 0 Å². The summed E-state index contributed by atoms with van der Waals surface area (Å²) < 4.78 is 0. The average Bonchev–Trinajstić information content (AvgIpc) is 2.68. The monoisotopic (exact) mass is 378 g/mol. The van der Waals surface area contributed by atoms with Crippen LogP contribution in [0.3, 0.4) is 0 Å². The first kappa shape index (κ1) is 17.5. The van der Waals surface area contributed by atoms with Gasteiger partial charge in [0, 0.05) is 12.6 Å². The second-order valence-electron chi connectivity index (χ2n) is 11.5. The maximum atomic E-state index is 13.8. The highest BCUT2D eigenvalue weighted by Gasteiger charge is 2.64. The Balaban J connectivity index is 1.31. The number of amides is 1. The Hall–Kier alpha value is -1.35. The standard InChI is InChI=1S/C25H34N2O/c1-23-11-18-12-24(15-23,20-5-3-2-4-6-20)17-25(13-18,16-23)22(28)26-21-14-27-9-7-19(21)8-10-27/h2-6,18-19,21H,7-17H2,1H3,(H,26,28)/t18?,21-,23-,24-,25?/m1/s1. The summed E-state index contributed by atoms with van der Waals surface area (Å²) in [6.45, 7) is 6.03. The Bertz CT molecular complexity index is 785. The molecule has 3 aliphatic heterocycles. The SMILES string of the molecule is C[C@]12CC3CC(C(=O)N[C@@H]4CN5CCC4CC5)(C1)C[C@@](c1ccccc1)(C3)C2. The van der Waals surface area contributed by atoms with E-state index in [-0.39, 0.29) is 10.8 Å². The summed E-state index contributed by atoms with van der Waals surface area (Å²) in [5.74, 6) is 1.84. The number of nitrogens with one attached hydrogen (secondary N) is 1. The highest BCUT2D eigenvalue weighted by Crippen LogP contribution is 2.70. The van der Waals surface area contributed by atoms with Crippen molar-refractivity contribution >= 4 is 5.91 Å². The van der Waals surface area contributed by atoms with Gasteiger partial charge in [0.15, 0.2) is 0 Å². The van der Waals surface area contributed by atoms with Gasteiger partial charge in [0.05, 0.1) is 5.41 Å². The van der Waals surface area contributed by atoms with Crippen LogP contribution < -0.4 is 5.32 Å². The minimum Gasteiger partial charge on any atom is -0.351 e. The molecular weight excluding hydrogens is 344 g/mol. The van der Waals surface area contributed by atoms with Crippen LogP contribution in [-0.2, 0) is 10.2 Å². The zero-order chi connectivity index (χ0) is 19.0. The quantitative estimate of drug-likeness (QED) is 0.858. The zero-order valence-electron chi connectivity index (χ0n) is 17.3. The van der Waals surface area contributed by atoms with Crippen LogP contribution in [0, 0.1) is 22.7 Å². The first-order valence-corrected chi connectivity index (χ1v) is 11.6. The third-order valence-electron chi connectivity index (χ3n) is 9.19. The van der Waals surface area contributed by atoms with Gasteiger partial charge in [-0.15, -0.1) is 0 Å². The van der Waals surface area contributed by atoms with Crippen molar-refractivity contribution in [1.29, 1.82) is 0 Å². The molecule has 3 nitrogen and oxygen atoms in total. The van der Waals surface area contributed by atoms with Crippen LogP contribution in [0.25, 0.3) is 0 Å². The molecule has 4 aliphatic carbocycles. The van der Waals surface area contributed by atoms with Crippen molar-refractivity contribution in [2.45, 2.75) is 69.7 Å². The number of nitrogens with zero attached hydrogens (tertiary/aromatic N) is 1. The van der Waals surface area contributed by atoms with Gasteiger partial charge in [0.1, 0.15) is 0 Å². The summed E-state index contributed by atoms with van der Waals surface area (Å²) >= 11 is 0. The summed E-state index contributed by atoms with van der Waals surface area (Å²) in [4.78, 5) is 16.4. The molecule has 1 amide bonds. The third kappa shape index (κ3) is 2.54. The molecule has 1 aromatic rings. The molecule has 0 radical (unpaired) electrons. The molecule has 7 fully saturated rings. The summed E-state index contributed by atoms with van der Waals surface area (Å²) in [5.41, 5.74) is 1.92. The molecule has 0 aromatic heterocycles. The van der Waals surface area contributed by atoms with Crippen molar-refractivity contribution in [1.82, 2.24) is 10.2 Å². The van der Waals surface area contributed by atoms with Gasteiger partial charge in [-0.05, 0) is 92.7 Å². The molecule has 7 aliphatic rings. The van der Waals surface area contributed by atoms with Crippen molar-refractivity contribution in [2.75, 3.05) is 19.6 Å². The van der Waals surface area contributed by atoms with Crippen LogP contribution in [0.1, 0.15) is 63.9 Å². The fraction of sp³-hybridized carbons (Fsp3) is 0.720. The van der Waals surface area contributed by atoms with E-state index in [1.54, 1.807) is 0 Å². The molecule has 28 heavy (non-hydrogen) atoms. The lowest BCUT2D eigenvalue weighted by molar-refractivity contribution is -0.161. The number of hydrogen-bond donors (Lipinski definition) is 1. The van der Waals surface area contributed by atoms with Crippen molar-refractivity contribution in [3.8, 4) is 0 Å². The van der Waals surface area contributed by atoms with E-state index in [2.05, 4.69) is 47.5 Å². The van der Waals surface area contributed by atoms with Crippen LogP contribution in [0.15, 0.2) is 30.3 Å². The van der Waals surface area contributed by atoms with E-state index in [1.165, 1.54) is 50.8 Å². The van der Waals surface area contributed by atoms with Crippen LogP contribution in [-0.4, -0.2) is 36.5 Å². The molecule has 3 heterocycles. The molecule has 6 bridgehead atoms. The highest BCUT2D eigenvalue weighted by atomic mass is 16.2. The highest BCUT2D eigenvalue weighted by molar-refractivity contribution is 5.84. The van der Waals surface area contributed by atoms with Gasteiger partial charge in [-0.2, -0.15) is 0 Å². The molecule has 1 N–H and O–H groups in total. The molecule has 4 saturated carbocycles. The molecule has 5 atom stereocenters. The smallest absolute Gasteiger partial charge is 0.226 e. The van der Waals surface area contributed by atoms with E-state index in [4.69, 9.17) is 0 Å². The van der Waals surface area contributed by atoms with Crippen LogP contribution >= 0.6 is 0 Å². The molecule has 0 spiro atoms. The van der Waals surface area contributed by atoms with Crippen molar-refractivity contribution in [2.24, 2.45) is 22.7 Å². The van der Waals surface area contributed by atoms with E-state index < -0.39 is 0 Å². The van der Waals surface area contributed by atoms with Crippen molar-refractivity contribution in [3.63, 3.8) is 0 Å². The summed E-state index contributed by atoms with van der Waals surface area (Å²) in [6, 6.07) is 11.6. The number of hydrogen-bond acceptors (Lipinski definition) is 2. The normalized spacial score (nSPS) is 48.6. The maximum Gasteiger partial charge on any atom is 0.226 e. The van der Waals surface area contributed by atoms with E-state index in [9.17, 15) is 4.79 Å². The molecule has 2 unspecified atom stereocenters. The molecule has 8 rings (SSSR count). The van der Waals surface area contributed by atoms with E-state index in [0.29, 0.717) is 23.3 Å². The topological polar surface area (TPSA) is 32.3 Å². The Labute approximate surface area is 169 Å². The number of carbonyl (C=O) groups is 1. The number of fused-ring (bicyclic) bond motifs is 3. The maximum absolute atomic E-state index is 13.8. The lowest BCUT2D eigenvalue weighted by Gasteiger charge is -2.65. The van der Waals surface area contributed by atoms with Gasteiger partial charge < -0.3 is 10.2 Å². The minimum absolute atomic E-state index is 0.129. The predicted octanol–water partition coefficient (Wildman–Crippen LogP) is 4.13. The Morgan fingerprint density at radius 2 is 1.82 bits per heavy atom. The Kier molecular flexibility index (Phi) is 3.65. The molecule has 150 valence electrons. The summed E-state index contributed by atoms with van der Waals surface area (Å²) in [5, 5.41) is 3.61. The number of piperidine rings is 3. The number of rotatable bonds is 3. The first-order chi connectivity index (χ1) is 13.5. The fourth-order valence-electron chi connectivity index (χ4n) is 8.74. The third-order valence-corrected chi connectivity index (χ3v) is 9.19. The predicted molar refractivity (Wildman–Crippen MR) is 111 cm³/mol. The largest absolute Gasteiger partial charge is 0.351 e. The molecule has 3 saturated heterocycles. The van der Waals surface area contributed by atoms with Gasteiger partial charge >= 0.3 is 0 Å². The van der Waals surface area contributed by atoms with Gasteiger partial charge in [-0.3, -0.25) is 4.79 Å². The lowest BCUT2D eigenvalue weighted by atomic mass is 9.38. The number of benzene rings is 1. The summed E-state index contributed by atoms with van der Waals surface area (Å²) in [7, 11) is 0. The Morgan fingerprint density at radius 1 is 1.04 bits per heavy atom. The van der Waals surface area contributed by atoms with E-state index in [0.717, 1.165) is 31.7 Å². The molecule has 3 heteroatoms. The molecule has 1 aromatic carbocycles. The van der Waals surface area contributed by atoms with E-state index in [1.807, 2.05) is 0 Å². The van der Waals surface area contributed by atoms with Gasteiger partial charge in [0.2, 0.25) is 5.91 Å². The zero-order valence-corrected chi connectivity index (χ0v) is 17.3. The first-order valence-electron chi connectivity index (χ1n) is 11.6. The van der Waals surface area contributed by atoms with E-state index >= 15 is 0 Å². The minimum atomic E-state index is -0.129. The van der Waals surface area contributed by atoms with Gasteiger partial charge in [0.25, 0.3) is 0 Å². The summed E-state index contributed by atoms with van der Waals surface area (Å²) in [6.07, 6.45) is 9.75. The van der Waals surface area contributed by atoms with Crippen molar-refractivity contribution < 1.29 is 4.79 Å². The van der Waals surface area contributed by atoms with Gasteiger partial charge in [-0.25, -0.2) is 0 Å². The van der Waals surface area contributed by atoms with Gasteiger partial charge in [-0.1, -0.05) is 37.3 Å². The second kappa shape index (κ2) is 5.84. The Morgan fingerprint density at radius 3 is 2.50 bits per heavy atom. The van der Waals surface area contributed by atoms with Crippen molar-refractivity contribution in [3.05, 3.63) is 35.9 Å². The van der Waals surface area contributed by atoms with Crippen LogP contribution in [0.4, 0.5) is 0 Å².